The van der Waals surface area contributed by atoms with Crippen molar-refractivity contribution in [3.8, 4) is 11.4 Å². The second-order valence-corrected chi connectivity index (χ2v) is 7.45. The Balaban J connectivity index is 1.87. The molecule has 0 saturated heterocycles. The minimum absolute atomic E-state index is 0.100. The van der Waals surface area contributed by atoms with Crippen LogP contribution in [-0.4, -0.2) is 34.9 Å². The number of rotatable bonds is 7. The van der Waals surface area contributed by atoms with Crippen molar-refractivity contribution >= 4 is 45.1 Å². The molecule has 1 N–H and O–H groups in total. The highest BCUT2D eigenvalue weighted by Crippen LogP contribution is 2.21. The zero-order valence-electron chi connectivity index (χ0n) is 16.3. The average molecular weight is 507 g/mol. The molecule has 31 heavy (non-hydrogen) atoms. The molecule has 3 aromatic rings. The van der Waals surface area contributed by atoms with Crippen LogP contribution >= 0.6 is 27.5 Å². The molecule has 0 aliphatic heterocycles. The molecule has 1 aromatic heterocycles. The Morgan fingerprint density at radius 1 is 1.16 bits per heavy atom. The van der Waals surface area contributed by atoms with E-state index in [9.17, 15) is 14.4 Å². The van der Waals surface area contributed by atoms with E-state index >= 15 is 0 Å². The van der Waals surface area contributed by atoms with Gasteiger partial charge in [-0.25, -0.2) is 4.79 Å². The summed E-state index contributed by atoms with van der Waals surface area (Å²) >= 11 is 9.35. The average Bonchev–Trinajstić information content (AvgIpc) is 2.74. The molecule has 10 heteroatoms. The summed E-state index contributed by atoms with van der Waals surface area (Å²) in [5.74, 6) is -1.48. The molecule has 0 bridgehead atoms. The van der Waals surface area contributed by atoms with Gasteiger partial charge in [-0.05, 0) is 37.3 Å². The van der Waals surface area contributed by atoms with Crippen LogP contribution in [0.2, 0.25) is 5.02 Å². The first kappa shape index (κ1) is 22.5. The number of para-hydroxylation sites is 1. The minimum Gasteiger partial charge on any atom is -0.481 e. The number of aromatic nitrogens is 2. The number of hydrogen-bond acceptors (Lipinski definition) is 6. The molecular formula is C21H17BrClN3O5. The second-order valence-electron chi connectivity index (χ2n) is 6.12. The largest absolute Gasteiger partial charge is 0.481 e. The molecule has 0 aliphatic rings. The van der Waals surface area contributed by atoms with E-state index in [1.807, 2.05) is 0 Å². The maximum absolute atomic E-state index is 12.6. The third-order valence-corrected chi connectivity index (χ3v) is 4.75. The summed E-state index contributed by atoms with van der Waals surface area (Å²) in [7, 11) is 0. The fourth-order valence-electron chi connectivity index (χ4n) is 2.58. The Morgan fingerprint density at radius 3 is 2.65 bits per heavy atom. The van der Waals surface area contributed by atoms with E-state index < -0.39 is 24.0 Å². The minimum atomic E-state index is -0.784. The molecule has 1 heterocycles. The van der Waals surface area contributed by atoms with Crippen molar-refractivity contribution in [2.75, 3.05) is 18.5 Å². The van der Waals surface area contributed by atoms with Crippen LogP contribution < -0.4 is 15.6 Å². The van der Waals surface area contributed by atoms with Crippen LogP contribution in [0.15, 0.2) is 63.9 Å². The fourth-order valence-corrected chi connectivity index (χ4v) is 3.15. The topological polar surface area (TPSA) is 99.5 Å². The van der Waals surface area contributed by atoms with Gasteiger partial charge in [-0.15, -0.1) is 0 Å². The molecule has 0 radical (unpaired) electrons. The number of carbonyl (C=O) groups is 2. The SMILES string of the molecule is CCOC(=O)c1nn(-c2cccc(Br)c2)c(=O)cc1OCC(=O)Nc1ccccc1Cl. The maximum Gasteiger partial charge on any atom is 0.362 e. The number of anilines is 1. The molecule has 0 fully saturated rings. The van der Waals surface area contributed by atoms with Gasteiger partial charge in [0.1, 0.15) is 0 Å². The van der Waals surface area contributed by atoms with E-state index in [0.29, 0.717) is 16.4 Å². The van der Waals surface area contributed by atoms with E-state index in [0.717, 1.165) is 15.2 Å². The molecule has 2 aromatic carbocycles. The van der Waals surface area contributed by atoms with Crippen LogP contribution in [0.5, 0.6) is 5.75 Å². The molecule has 0 saturated carbocycles. The summed E-state index contributed by atoms with van der Waals surface area (Å²) in [6, 6.07) is 14.6. The number of carbonyl (C=O) groups excluding carboxylic acids is 2. The first-order valence-corrected chi connectivity index (χ1v) is 10.3. The molecule has 0 unspecified atom stereocenters. The van der Waals surface area contributed by atoms with Crippen molar-refractivity contribution in [2.24, 2.45) is 0 Å². The monoisotopic (exact) mass is 505 g/mol. The lowest BCUT2D eigenvalue weighted by molar-refractivity contribution is -0.118. The molecule has 160 valence electrons. The molecule has 3 rings (SSSR count). The summed E-state index contributed by atoms with van der Waals surface area (Å²) in [6.07, 6.45) is 0. The highest BCUT2D eigenvalue weighted by atomic mass is 79.9. The zero-order valence-corrected chi connectivity index (χ0v) is 18.6. The predicted molar refractivity (Wildman–Crippen MR) is 119 cm³/mol. The quantitative estimate of drug-likeness (QED) is 0.489. The molecule has 0 spiro atoms. The lowest BCUT2D eigenvalue weighted by atomic mass is 10.3. The van der Waals surface area contributed by atoms with E-state index in [2.05, 4.69) is 26.3 Å². The number of amides is 1. The third kappa shape index (κ3) is 5.71. The molecule has 8 nitrogen and oxygen atoms in total. The molecule has 0 aliphatic carbocycles. The summed E-state index contributed by atoms with van der Waals surface area (Å²) in [5, 5.41) is 7.06. The Hall–Kier alpha value is -3.17. The highest BCUT2D eigenvalue weighted by molar-refractivity contribution is 9.10. The van der Waals surface area contributed by atoms with Crippen molar-refractivity contribution in [2.45, 2.75) is 6.92 Å². The van der Waals surface area contributed by atoms with E-state index in [4.69, 9.17) is 21.1 Å². The van der Waals surface area contributed by atoms with E-state index in [-0.39, 0.29) is 18.1 Å². The summed E-state index contributed by atoms with van der Waals surface area (Å²) in [4.78, 5) is 37.2. The lowest BCUT2D eigenvalue weighted by Crippen LogP contribution is -2.27. The van der Waals surface area contributed by atoms with Crippen LogP contribution in [0.25, 0.3) is 5.69 Å². The maximum atomic E-state index is 12.6. The van der Waals surface area contributed by atoms with E-state index in [1.165, 1.54) is 0 Å². The summed E-state index contributed by atoms with van der Waals surface area (Å²) < 4.78 is 12.2. The van der Waals surface area contributed by atoms with Gasteiger partial charge in [0.25, 0.3) is 11.5 Å². The number of halogens is 2. The van der Waals surface area contributed by atoms with Crippen molar-refractivity contribution in [1.82, 2.24) is 9.78 Å². The first-order chi connectivity index (χ1) is 14.9. The van der Waals surface area contributed by atoms with Crippen molar-refractivity contribution < 1.29 is 19.1 Å². The van der Waals surface area contributed by atoms with Gasteiger partial charge in [-0.2, -0.15) is 9.78 Å². The van der Waals surface area contributed by atoms with Crippen molar-refractivity contribution in [3.63, 3.8) is 0 Å². The number of hydrogen-bond donors (Lipinski definition) is 1. The van der Waals surface area contributed by atoms with Gasteiger partial charge in [0.15, 0.2) is 12.4 Å². The van der Waals surface area contributed by atoms with Crippen LogP contribution in [0.4, 0.5) is 5.69 Å². The van der Waals surface area contributed by atoms with Crippen molar-refractivity contribution in [1.29, 1.82) is 0 Å². The molecular weight excluding hydrogens is 490 g/mol. The van der Waals surface area contributed by atoms with E-state index in [1.54, 1.807) is 55.5 Å². The summed E-state index contributed by atoms with van der Waals surface area (Å²) in [6.45, 7) is 1.27. The van der Waals surface area contributed by atoms with Gasteiger partial charge in [-0.3, -0.25) is 9.59 Å². The van der Waals surface area contributed by atoms with Gasteiger partial charge in [-0.1, -0.05) is 45.7 Å². The molecule has 0 atom stereocenters. The number of ether oxygens (including phenoxy) is 2. The predicted octanol–water partition coefficient (Wildman–Crippen LogP) is 3.84. The Morgan fingerprint density at radius 2 is 1.94 bits per heavy atom. The smallest absolute Gasteiger partial charge is 0.362 e. The second kappa shape index (κ2) is 10.2. The highest BCUT2D eigenvalue weighted by Gasteiger charge is 2.21. The summed E-state index contributed by atoms with van der Waals surface area (Å²) in [5.41, 5.74) is 0.0687. The first-order valence-electron chi connectivity index (χ1n) is 9.13. The number of esters is 1. The third-order valence-electron chi connectivity index (χ3n) is 3.92. The number of benzene rings is 2. The number of nitrogens with one attached hydrogen (secondary N) is 1. The van der Waals surface area contributed by atoms with Crippen LogP contribution in [0.1, 0.15) is 17.4 Å². The molecule has 1 amide bonds. The van der Waals surface area contributed by atoms with Gasteiger partial charge in [0, 0.05) is 4.47 Å². The lowest BCUT2D eigenvalue weighted by Gasteiger charge is -2.13. The van der Waals surface area contributed by atoms with Crippen molar-refractivity contribution in [3.05, 3.63) is 80.1 Å². The standard InChI is InChI=1S/C21H17BrClN3O5/c1-2-30-21(29)20-17(31-12-18(27)24-16-9-4-3-8-15(16)23)11-19(28)26(25-20)14-7-5-6-13(22)10-14/h3-11H,2,12H2,1H3,(H,24,27). The Bertz CT molecular complexity index is 1180. The fraction of sp³-hybridized carbons (Fsp3) is 0.143. The number of nitrogens with zero attached hydrogens (tertiary/aromatic N) is 2. The van der Waals surface area contributed by atoms with Gasteiger partial charge < -0.3 is 14.8 Å². The van der Waals surface area contributed by atoms with Crippen LogP contribution in [-0.2, 0) is 9.53 Å². The van der Waals surface area contributed by atoms with Gasteiger partial charge in [0.2, 0.25) is 5.69 Å². The Kier molecular flexibility index (Phi) is 7.43. The van der Waals surface area contributed by atoms with Crippen LogP contribution in [0.3, 0.4) is 0 Å². The van der Waals surface area contributed by atoms with Crippen LogP contribution in [0, 0.1) is 0 Å². The Labute approximate surface area is 190 Å². The normalized spacial score (nSPS) is 10.4. The zero-order chi connectivity index (χ0) is 22.4. The van der Waals surface area contributed by atoms with Gasteiger partial charge in [0.05, 0.1) is 29.1 Å². The van der Waals surface area contributed by atoms with Gasteiger partial charge >= 0.3 is 5.97 Å².